The maximum Gasteiger partial charge on any atom is 0.425 e. The number of benzene rings is 2. The van der Waals surface area contributed by atoms with E-state index in [1.165, 1.54) is 32.9 Å². The Morgan fingerprint density at radius 1 is 1.05 bits per heavy atom. The fourth-order valence-corrected chi connectivity index (χ4v) is 4.38. The molecule has 0 unspecified atom stereocenters. The third kappa shape index (κ3) is 8.66. The third-order valence-corrected chi connectivity index (χ3v) is 7.16. The zero-order valence-corrected chi connectivity index (χ0v) is 25.8. The van der Waals surface area contributed by atoms with Crippen LogP contribution in [-0.4, -0.2) is 69.2 Å². The van der Waals surface area contributed by atoms with Crippen molar-refractivity contribution < 1.29 is 50.3 Å². The molecule has 2 aromatic rings. The summed E-state index contributed by atoms with van der Waals surface area (Å²) in [6, 6.07) is 4.72. The van der Waals surface area contributed by atoms with Crippen LogP contribution in [0.4, 0.5) is 29.3 Å². The number of hydrogen-bond donors (Lipinski definition) is 2. The van der Waals surface area contributed by atoms with E-state index in [1.54, 1.807) is 0 Å². The molecule has 2 aromatic carbocycles. The van der Waals surface area contributed by atoms with Crippen molar-refractivity contribution in [2.24, 2.45) is 0 Å². The van der Waals surface area contributed by atoms with Crippen LogP contribution in [0.15, 0.2) is 24.3 Å². The number of halogens is 4. The molecule has 2 amide bonds. The van der Waals surface area contributed by atoms with E-state index in [2.05, 4.69) is 10.1 Å². The molecule has 0 radical (unpaired) electrons. The Bertz CT molecular complexity index is 1440. The van der Waals surface area contributed by atoms with Crippen LogP contribution in [-0.2, 0) is 35.9 Å². The highest BCUT2D eigenvalue weighted by Gasteiger charge is 2.35. The van der Waals surface area contributed by atoms with E-state index in [0.29, 0.717) is 8.63 Å². The zero-order valence-electron chi connectivity index (χ0n) is 22.8. The van der Waals surface area contributed by atoms with Gasteiger partial charge in [0, 0.05) is 16.2 Å². The molecule has 0 spiro atoms. The van der Waals surface area contributed by atoms with Gasteiger partial charge in [0.15, 0.2) is 11.6 Å². The van der Waals surface area contributed by atoms with Crippen molar-refractivity contribution in [1.29, 1.82) is 0 Å². The molecule has 2 rings (SSSR count). The number of hydroxylamine groups is 2. The summed E-state index contributed by atoms with van der Waals surface area (Å²) in [7, 11) is -1.59. The largest absolute Gasteiger partial charge is 0.465 e. The first-order chi connectivity index (χ1) is 18.9. The Hall–Kier alpha value is -3.16. The van der Waals surface area contributed by atoms with Crippen molar-refractivity contribution in [2.75, 3.05) is 33.1 Å². The summed E-state index contributed by atoms with van der Waals surface area (Å²) >= 11 is 1.85. The summed E-state index contributed by atoms with van der Waals surface area (Å²) in [4.78, 5) is 42.9. The van der Waals surface area contributed by atoms with Gasteiger partial charge in [-0.25, -0.2) is 32.5 Å². The van der Waals surface area contributed by atoms with Gasteiger partial charge in [-0.1, -0.05) is 0 Å². The number of carbonyl (C=O) groups is 3. The molecule has 0 aliphatic heterocycles. The van der Waals surface area contributed by atoms with E-state index in [-0.39, 0.29) is 9.99 Å². The monoisotopic (exact) mass is 716 g/mol. The average Bonchev–Trinajstić information content (AvgIpc) is 2.88. The number of esters is 1. The van der Waals surface area contributed by atoms with E-state index < -0.39 is 81.1 Å². The van der Waals surface area contributed by atoms with Crippen molar-refractivity contribution in [2.45, 2.75) is 32.9 Å². The van der Waals surface area contributed by atoms with E-state index in [4.69, 9.17) is 9.57 Å². The molecule has 0 aliphatic rings. The number of hydrogen-bond acceptors (Lipinski definition) is 9. The van der Waals surface area contributed by atoms with Crippen LogP contribution in [0.25, 0.3) is 0 Å². The number of methoxy groups -OCH3 is 1. The number of rotatable bonds is 10. The summed E-state index contributed by atoms with van der Waals surface area (Å²) in [5, 5.41) is 2.79. The highest BCUT2D eigenvalue weighted by atomic mass is 127. The Morgan fingerprint density at radius 2 is 1.68 bits per heavy atom. The molecule has 12 nitrogen and oxygen atoms in total. The van der Waals surface area contributed by atoms with Crippen molar-refractivity contribution in [3.63, 3.8) is 0 Å². The topological polar surface area (TPSA) is 144 Å². The molecule has 0 saturated heterocycles. The quantitative estimate of drug-likeness (QED) is 0.213. The third-order valence-electron chi connectivity index (χ3n) is 5.11. The lowest BCUT2D eigenvalue weighted by atomic mass is 10.1. The maximum atomic E-state index is 15.3. The molecule has 0 aromatic heterocycles. The highest BCUT2D eigenvalue weighted by molar-refractivity contribution is 14.1. The van der Waals surface area contributed by atoms with E-state index in [1.807, 2.05) is 27.3 Å². The van der Waals surface area contributed by atoms with Gasteiger partial charge in [-0.3, -0.25) is 9.63 Å². The Balaban J connectivity index is 2.47. The second-order valence-corrected chi connectivity index (χ2v) is 12.2. The lowest BCUT2D eigenvalue weighted by molar-refractivity contribution is -0.179. The molecule has 0 saturated carbocycles. The van der Waals surface area contributed by atoms with Crippen LogP contribution in [0.2, 0.25) is 0 Å². The van der Waals surface area contributed by atoms with Gasteiger partial charge >= 0.3 is 22.3 Å². The van der Waals surface area contributed by atoms with Gasteiger partial charge in [-0.15, -0.1) is 0 Å². The number of nitrogens with one attached hydrogen (secondary N) is 2. The second-order valence-electron chi connectivity index (χ2n) is 9.14. The van der Waals surface area contributed by atoms with E-state index in [9.17, 15) is 27.2 Å². The summed E-state index contributed by atoms with van der Waals surface area (Å²) in [5.74, 6) is -6.24. The lowest BCUT2D eigenvalue weighted by Gasteiger charge is -2.28. The van der Waals surface area contributed by atoms with Crippen LogP contribution in [0.1, 0.15) is 36.7 Å². The molecule has 0 heterocycles. The number of amides is 2. The number of ether oxygens (including phenoxy) is 2. The molecular weight excluding hydrogens is 688 g/mol. The first-order valence-electron chi connectivity index (χ1n) is 11.6. The molecule has 2 N–H and O–H groups in total. The van der Waals surface area contributed by atoms with Gasteiger partial charge in [0.25, 0.3) is 5.91 Å². The van der Waals surface area contributed by atoms with E-state index in [0.717, 1.165) is 33.4 Å². The second kappa shape index (κ2) is 13.7. The molecular formula is C24H28F3IN4O8S. The van der Waals surface area contributed by atoms with Crippen molar-refractivity contribution in [1.82, 2.24) is 14.1 Å². The van der Waals surface area contributed by atoms with Gasteiger partial charge in [0.05, 0.1) is 37.7 Å². The van der Waals surface area contributed by atoms with Crippen LogP contribution in [0, 0.1) is 21.0 Å². The molecule has 226 valence electrons. The van der Waals surface area contributed by atoms with Crippen molar-refractivity contribution in [3.8, 4) is 0 Å². The minimum atomic E-state index is -4.55. The fourth-order valence-electron chi connectivity index (χ4n) is 3.19. The molecule has 0 fully saturated rings. The van der Waals surface area contributed by atoms with Gasteiger partial charge in [0.2, 0.25) is 0 Å². The van der Waals surface area contributed by atoms with E-state index >= 15 is 8.78 Å². The predicted octanol–water partition coefficient (Wildman–Crippen LogP) is 3.83. The van der Waals surface area contributed by atoms with Crippen LogP contribution < -0.4 is 10.0 Å². The molecule has 17 heteroatoms. The molecule has 0 bridgehead atoms. The maximum absolute atomic E-state index is 15.3. The average molecular weight is 716 g/mol. The van der Waals surface area contributed by atoms with Crippen LogP contribution in [0.3, 0.4) is 0 Å². The minimum absolute atomic E-state index is 0.0893. The summed E-state index contributed by atoms with van der Waals surface area (Å²) in [6.45, 7) is 2.42. The molecule has 41 heavy (non-hydrogen) atoms. The predicted molar refractivity (Wildman–Crippen MR) is 149 cm³/mol. The van der Waals surface area contributed by atoms with Crippen LogP contribution >= 0.6 is 22.6 Å². The SMILES string of the molecule is CNS(=O)(=O)N(CC(=O)N(Cc1cc(C(=O)OC)c(Nc2ccc(I)cc2F)c(F)c1F)OC)C(=O)OC(C)(C)C. The Labute approximate surface area is 248 Å². The number of anilines is 2. The lowest BCUT2D eigenvalue weighted by Crippen LogP contribution is -2.50. The summed E-state index contributed by atoms with van der Waals surface area (Å²) in [6.07, 6.45) is -1.39. The highest BCUT2D eigenvalue weighted by Crippen LogP contribution is 2.31. The number of carbonyl (C=O) groups excluding carboxylic acids is 3. The Kier molecular flexibility index (Phi) is 11.3. The smallest absolute Gasteiger partial charge is 0.425 e. The normalized spacial score (nSPS) is 11.6. The van der Waals surface area contributed by atoms with Crippen molar-refractivity contribution in [3.05, 3.63) is 56.4 Å². The standard InChI is InChI=1S/C24H28F3IN4O8S/c1-24(2,3)40-23(35)32(41(36,37)29-4)12-18(33)31(39-6)11-13-9-15(22(34)38-5)21(20(27)19(13)26)30-17-8-7-14(28)10-16(17)25/h7-10,29-30H,11-12H2,1-6H3. The molecule has 0 atom stereocenters. The zero-order chi connectivity index (χ0) is 31.3. The van der Waals surface area contributed by atoms with Crippen LogP contribution in [0.5, 0.6) is 0 Å². The van der Waals surface area contributed by atoms with Gasteiger partial charge < -0.3 is 14.8 Å². The first-order valence-corrected chi connectivity index (χ1v) is 14.1. The van der Waals surface area contributed by atoms with Gasteiger partial charge in [-0.2, -0.15) is 12.7 Å². The number of nitrogens with zero attached hydrogens (tertiary/aromatic N) is 2. The van der Waals surface area contributed by atoms with Gasteiger partial charge in [-0.05, 0) is 67.6 Å². The van der Waals surface area contributed by atoms with Gasteiger partial charge in [0.1, 0.15) is 18.0 Å². The first kappa shape index (κ1) is 34.0. The Morgan fingerprint density at radius 3 is 2.20 bits per heavy atom. The summed E-state index contributed by atoms with van der Waals surface area (Å²) in [5.41, 5.74) is -3.25. The summed E-state index contributed by atoms with van der Waals surface area (Å²) < 4.78 is 81.9. The molecule has 0 aliphatic carbocycles. The van der Waals surface area contributed by atoms with Crippen molar-refractivity contribution >= 4 is 62.1 Å². The fraction of sp³-hybridized carbons (Fsp3) is 0.375. The minimum Gasteiger partial charge on any atom is -0.465 e.